The number of ether oxygens (including phenoxy) is 1. The largest absolute Gasteiger partial charge is 0.506 e. The van der Waals surface area contributed by atoms with Gasteiger partial charge in [0.05, 0.1) is 17.2 Å². The fourth-order valence-electron chi connectivity index (χ4n) is 3.97. The number of hydrogen-bond donors (Lipinski definition) is 1. The van der Waals surface area contributed by atoms with E-state index < -0.39 is 5.97 Å². The van der Waals surface area contributed by atoms with Crippen LogP contribution in [-0.4, -0.2) is 27.3 Å². The van der Waals surface area contributed by atoms with Gasteiger partial charge in [0.15, 0.2) is 0 Å². The summed E-state index contributed by atoms with van der Waals surface area (Å²) in [6.07, 6.45) is 1.91. The van der Waals surface area contributed by atoms with Crippen molar-refractivity contribution in [3.63, 3.8) is 0 Å². The smallest absolute Gasteiger partial charge is 0.344 e. The lowest BCUT2D eigenvalue weighted by Gasteiger charge is -2.10. The van der Waals surface area contributed by atoms with Gasteiger partial charge < -0.3 is 14.4 Å². The van der Waals surface area contributed by atoms with Crippen LogP contribution in [0, 0.1) is 27.7 Å². The van der Waals surface area contributed by atoms with Crippen LogP contribution in [0.2, 0.25) is 0 Å². The van der Waals surface area contributed by atoms with Crippen molar-refractivity contribution in [2.45, 2.75) is 34.6 Å². The molecule has 0 radical (unpaired) electrons. The minimum absolute atomic E-state index is 0.102. The van der Waals surface area contributed by atoms with Crippen LogP contribution >= 0.6 is 11.8 Å². The number of thioether (sulfide) groups is 1. The zero-order valence-electron chi connectivity index (χ0n) is 20.0. The Morgan fingerprint density at radius 2 is 1.79 bits per heavy atom. The molecule has 0 bridgehead atoms. The van der Waals surface area contributed by atoms with Crippen molar-refractivity contribution in [3.8, 4) is 5.69 Å². The summed E-state index contributed by atoms with van der Waals surface area (Å²) in [5, 5.41) is 11.5. The van der Waals surface area contributed by atoms with Gasteiger partial charge in [-0.3, -0.25) is 0 Å². The monoisotopic (exact) mass is 472 g/mol. The summed E-state index contributed by atoms with van der Waals surface area (Å²) < 4.78 is 7.40. The molecular formula is C28H28N2O3S. The lowest BCUT2D eigenvalue weighted by Crippen LogP contribution is -2.12. The predicted molar refractivity (Wildman–Crippen MR) is 140 cm³/mol. The summed E-state index contributed by atoms with van der Waals surface area (Å²) >= 11 is 1.27. The predicted octanol–water partition coefficient (Wildman–Crippen LogP) is 6.90. The van der Waals surface area contributed by atoms with Gasteiger partial charge in [0.25, 0.3) is 0 Å². The molecule has 0 saturated heterocycles. The van der Waals surface area contributed by atoms with Crippen molar-refractivity contribution >= 4 is 34.5 Å². The zero-order chi connectivity index (χ0) is 24.4. The highest BCUT2D eigenvalue weighted by Crippen LogP contribution is 2.41. The Morgan fingerprint density at radius 3 is 2.47 bits per heavy atom. The molecule has 1 aliphatic heterocycles. The van der Waals surface area contributed by atoms with E-state index in [0.29, 0.717) is 15.6 Å². The number of nitrogens with zero attached hydrogens (tertiary/aromatic N) is 2. The number of aromatic nitrogens is 1. The molecule has 1 aromatic heterocycles. The first-order valence-corrected chi connectivity index (χ1v) is 12.0. The summed E-state index contributed by atoms with van der Waals surface area (Å²) in [5.41, 5.74) is 7.31. The third kappa shape index (κ3) is 4.73. The first-order valence-electron chi connectivity index (χ1n) is 11.2. The standard InChI is InChI=1S/C28H28N2O3S/c1-6-33-28(32)25-26(31)24(34-27(25)29-22-12-10-17(2)11-13-22)16-21-15-19(4)30(20(21)5)23-9-7-8-18(3)14-23/h7-16,31H,6H2,1-5H3/b24-16-,29-27?. The molecule has 0 atom stereocenters. The van der Waals surface area contributed by atoms with Crippen LogP contribution in [-0.2, 0) is 9.53 Å². The summed E-state index contributed by atoms with van der Waals surface area (Å²) in [6, 6.07) is 18.1. The van der Waals surface area contributed by atoms with Gasteiger partial charge in [0.1, 0.15) is 16.4 Å². The second-order valence-corrected chi connectivity index (χ2v) is 9.34. The van der Waals surface area contributed by atoms with E-state index in [0.717, 1.165) is 28.2 Å². The van der Waals surface area contributed by atoms with Crippen molar-refractivity contribution in [2.24, 2.45) is 4.99 Å². The molecule has 6 heteroatoms. The molecule has 3 aromatic rings. The molecule has 1 N–H and O–H groups in total. The van der Waals surface area contributed by atoms with Gasteiger partial charge in [-0.05, 0) is 82.2 Å². The maximum absolute atomic E-state index is 12.7. The zero-order valence-corrected chi connectivity index (χ0v) is 20.9. The summed E-state index contributed by atoms with van der Waals surface area (Å²) in [7, 11) is 0. The molecule has 0 saturated carbocycles. The van der Waals surface area contributed by atoms with Crippen LogP contribution < -0.4 is 0 Å². The number of aliphatic hydroxyl groups excluding tert-OH is 1. The molecule has 0 fully saturated rings. The van der Waals surface area contributed by atoms with E-state index in [1.807, 2.05) is 43.3 Å². The topological polar surface area (TPSA) is 63.8 Å². The lowest BCUT2D eigenvalue weighted by molar-refractivity contribution is -0.138. The number of hydrogen-bond acceptors (Lipinski definition) is 5. The number of carbonyl (C=O) groups excluding carboxylic acids is 1. The molecule has 1 aliphatic rings. The van der Waals surface area contributed by atoms with Crippen LogP contribution in [0.4, 0.5) is 5.69 Å². The third-order valence-electron chi connectivity index (χ3n) is 5.65. The molecule has 0 spiro atoms. The Hall–Kier alpha value is -3.51. The van der Waals surface area contributed by atoms with Gasteiger partial charge in [-0.25, -0.2) is 9.79 Å². The number of carbonyl (C=O) groups is 1. The second-order valence-electron chi connectivity index (χ2n) is 8.31. The molecule has 0 amide bonds. The lowest BCUT2D eigenvalue weighted by atomic mass is 10.1. The van der Waals surface area contributed by atoms with Gasteiger partial charge in [-0.2, -0.15) is 0 Å². The van der Waals surface area contributed by atoms with Gasteiger partial charge in [-0.15, -0.1) is 0 Å². The van der Waals surface area contributed by atoms with Crippen molar-refractivity contribution < 1.29 is 14.6 Å². The highest BCUT2D eigenvalue weighted by molar-refractivity contribution is 8.18. The average molecular weight is 473 g/mol. The van der Waals surface area contributed by atoms with Gasteiger partial charge in [-0.1, -0.05) is 41.6 Å². The normalized spacial score (nSPS) is 16.0. The number of aryl methyl sites for hydroxylation is 3. The SMILES string of the molecule is CCOC(=O)C1=C(O)/C(=C/c2cc(C)n(-c3cccc(C)c3)c2C)SC1=Nc1ccc(C)cc1. The van der Waals surface area contributed by atoms with Crippen molar-refractivity contribution in [1.82, 2.24) is 4.57 Å². The maximum Gasteiger partial charge on any atom is 0.344 e. The first-order chi connectivity index (χ1) is 16.3. The van der Waals surface area contributed by atoms with E-state index >= 15 is 0 Å². The molecule has 174 valence electrons. The second kappa shape index (κ2) is 9.77. The quantitative estimate of drug-likeness (QED) is 0.410. The number of benzene rings is 2. The highest BCUT2D eigenvalue weighted by Gasteiger charge is 2.33. The Kier molecular flexibility index (Phi) is 6.80. The van der Waals surface area contributed by atoms with Crippen molar-refractivity contribution in [1.29, 1.82) is 0 Å². The Labute approximate surface area is 204 Å². The van der Waals surface area contributed by atoms with E-state index in [1.54, 1.807) is 6.92 Å². The van der Waals surface area contributed by atoms with Gasteiger partial charge >= 0.3 is 5.97 Å². The highest BCUT2D eigenvalue weighted by atomic mass is 32.2. The van der Waals surface area contributed by atoms with Gasteiger partial charge in [0.2, 0.25) is 0 Å². The fraction of sp³-hybridized carbons (Fsp3) is 0.214. The number of aliphatic hydroxyl groups is 1. The van der Waals surface area contributed by atoms with Crippen LogP contribution in [0.15, 0.2) is 75.8 Å². The van der Waals surface area contributed by atoms with Gasteiger partial charge in [0, 0.05) is 17.1 Å². The number of esters is 1. The van der Waals surface area contributed by atoms with Crippen LogP contribution in [0.1, 0.15) is 35.0 Å². The Balaban J connectivity index is 1.77. The first kappa shape index (κ1) is 23.6. The number of aliphatic imine (C=N–C) groups is 1. The molecule has 5 nitrogen and oxygen atoms in total. The summed E-state index contributed by atoms with van der Waals surface area (Å²) in [5.74, 6) is -0.679. The minimum atomic E-state index is -0.577. The van der Waals surface area contributed by atoms with Crippen molar-refractivity contribution in [3.05, 3.63) is 98.9 Å². The van der Waals surface area contributed by atoms with Crippen LogP contribution in [0.5, 0.6) is 0 Å². The minimum Gasteiger partial charge on any atom is -0.506 e. The van der Waals surface area contributed by atoms with E-state index in [9.17, 15) is 9.90 Å². The molecule has 2 heterocycles. The maximum atomic E-state index is 12.7. The average Bonchev–Trinajstić information content (AvgIpc) is 3.25. The van der Waals surface area contributed by atoms with E-state index in [-0.39, 0.29) is 17.9 Å². The molecule has 0 unspecified atom stereocenters. The van der Waals surface area contributed by atoms with E-state index in [2.05, 4.69) is 54.6 Å². The third-order valence-corrected chi connectivity index (χ3v) is 6.67. The van der Waals surface area contributed by atoms with Crippen molar-refractivity contribution in [2.75, 3.05) is 6.61 Å². The Bertz CT molecular complexity index is 1340. The fourth-order valence-corrected chi connectivity index (χ4v) is 4.99. The molecule has 4 rings (SSSR count). The van der Waals surface area contributed by atoms with Crippen LogP contribution in [0.3, 0.4) is 0 Å². The number of rotatable bonds is 5. The van der Waals surface area contributed by atoms with E-state index in [4.69, 9.17) is 4.74 Å². The molecule has 2 aromatic carbocycles. The summed E-state index contributed by atoms with van der Waals surface area (Å²) in [4.78, 5) is 17.9. The molecule has 0 aliphatic carbocycles. The van der Waals surface area contributed by atoms with Crippen LogP contribution in [0.25, 0.3) is 11.8 Å². The van der Waals surface area contributed by atoms with E-state index in [1.165, 1.54) is 17.3 Å². The Morgan fingerprint density at radius 1 is 1.06 bits per heavy atom. The summed E-state index contributed by atoms with van der Waals surface area (Å²) in [6.45, 7) is 10.1. The molecule has 34 heavy (non-hydrogen) atoms. The molecular weight excluding hydrogens is 444 g/mol.